The Labute approximate surface area is 529 Å². The Kier molecular flexibility index (Phi) is 62.2. The summed E-state index contributed by atoms with van der Waals surface area (Å²) in [6, 6.07) is 0. The second-order valence-electron chi connectivity index (χ2n) is 23.8. The lowest BCUT2D eigenvalue weighted by Crippen LogP contribution is -2.37. The lowest BCUT2D eigenvalue weighted by molar-refractivity contribution is -0.870. The molecular weight excluding hydrogens is 1090 g/mol. The van der Waals surface area contributed by atoms with E-state index in [1.54, 1.807) is 0 Å². The zero-order chi connectivity index (χ0) is 62.6. The summed E-state index contributed by atoms with van der Waals surface area (Å²) in [5.41, 5.74) is 0. The van der Waals surface area contributed by atoms with E-state index in [9.17, 15) is 19.0 Å². The third kappa shape index (κ3) is 69.0. The van der Waals surface area contributed by atoms with E-state index >= 15 is 0 Å². The first kappa shape index (κ1) is 81.9. The molecule has 0 aromatic carbocycles. The summed E-state index contributed by atoms with van der Waals surface area (Å²) in [5.74, 6) is -0.841. The molecule has 0 rings (SSSR count). The monoisotopic (exact) mass is 1210 g/mol. The van der Waals surface area contributed by atoms with Crippen molar-refractivity contribution in [3.63, 3.8) is 0 Å². The van der Waals surface area contributed by atoms with Gasteiger partial charge in [0.15, 0.2) is 6.10 Å². The van der Waals surface area contributed by atoms with Crippen molar-refractivity contribution >= 4 is 19.8 Å². The first-order valence-electron chi connectivity index (χ1n) is 34.5. The van der Waals surface area contributed by atoms with Crippen LogP contribution in [0, 0.1) is 0 Å². The molecule has 0 aliphatic heterocycles. The number of quaternary nitrogens is 1. The fourth-order valence-corrected chi connectivity index (χ4v) is 9.86. The summed E-state index contributed by atoms with van der Waals surface area (Å²) in [6.07, 6.45) is 96.3. The Morgan fingerprint density at radius 3 is 0.930 bits per heavy atom. The highest BCUT2D eigenvalue weighted by Gasteiger charge is 2.22. The molecule has 0 aliphatic rings. The SMILES string of the molecule is CC/C=C\C/C=C\C/C=C\C/C=C\C/C=C\C/C=C\C/C=C\C/C=C\CCCCCCCCCCCCCCCCC(=O)OC(COC(=O)CCCCCCCCCCCC/C=C\C/C=C\C/C=C\C/C=C\CC)COP(=O)([O-])OCC[N+](C)(C)C. The number of hydrogen-bond acceptors (Lipinski definition) is 8. The molecule has 0 saturated heterocycles. The van der Waals surface area contributed by atoms with Gasteiger partial charge in [-0.3, -0.25) is 14.2 Å². The predicted molar refractivity (Wildman–Crippen MR) is 369 cm³/mol. The average molecular weight is 1210 g/mol. The van der Waals surface area contributed by atoms with Crippen LogP contribution in [0.4, 0.5) is 0 Å². The number of ether oxygens (including phenoxy) is 2. The normalized spacial score (nSPS) is 14.1. The number of hydrogen-bond donors (Lipinski definition) is 0. The first-order valence-corrected chi connectivity index (χ1v) is 36.0. The van der Waals surface area contributed by atoms with Crippen LogP contribution in [0.15, 0.2) is 146 Å². The predicted octanol–water partition coefficient (Wildman–Crippen LogP) is 22.0. The minimum absolute atomic E-state index is 0.0374. The highest BCUT2D eigenvalue weighted by molar-refractivity contribution is 7.45. The molecule has 0 heterocycles. The van der Waals surface area contributed by atoms with Crippen molar-refractivity contribution in [2.24, 2.45) is 0 Å². The average Bonchev–Trinajstić information content (AvgIpc) is 3.56. The van der Waals surface area contributed by atoms with Gasteiger partial charge in [-0.25, -0.2) is 0 Å². The third-order valence-electron chi connectivity index (χ3n) is 14.4. The molecular formula is C76H128NO8P. The van der Waals surface area contributed by atoms with Gasteiger partial charge in [0.05, 0.1) is 27.7 Å². The molecule has 0 aromatic heterocycles. The number of unbranched alkanes of at least 4 members (excludes halogenated alkanes) is 24. The lowest BCUT2D eigenvalue weighted by Gasteiger charge is -2.28. The van der Waals surface area contributed by atoms with E-state index in [2.05, 4.69) is 160 Å². The van der Waals surface area contributed by atoms with Crippen molar-refractivity contribution in [3.05, 3.63) is 146 Å². The van der Waals surface area contributed by atoms with E-state index in [-0.39, 0.29) is 32.0 Å². The standard InChI is InChI=1S/C76H128NO8P/c1-6-8-10-12-14-16-18-20-22-24-26-28-30-31-32-33-34-35-36-37-38-39-40-41-42-43-44-45-47-49-51-53-55-57-59-61-63-65-67-69-76(79)85-74(73-84-86(80,81)83-71-70-77(3,4)5)72-82-75(78)68-66-64-62-60-58-56-54-52-50-48-46-29-27-25-23-21-19-17-15-13-11-9-7-2/h8-11,14-17,20-23,26-29,31-32,34-35,37-38,40-41,74H,6-7,12-13,18-19,24-25,30,33,36,39,42-73H2,1-5H3/b10-8-,11-9-,16-14-,17-15-,22-20-,23-21-,28-26-,29-27-,32-31-,35-34-,38-37-,41-40-. The van der Waals surface area contributed by atoms with Crippen LogP contribution in [0.2, 0.25) is 0 Å². The number of nitrogens with zero attached hydrogens (tertiary/aromatic N) is 1. The second kappa shape index (κ2) is 65.3. The molecule has 0 aromatic rings. The van der Waals surface area contributed by atoms with Crippen LogP contribution in [-0.2, 0) is 32.7 Å². The van der Waals surface area contributed by atoms with Crippen molar-refractivity contribution in [1.82, 2.24) is 0 Å². The van der Waals surface area contributed by atoms with Gasteiger partial charge in [0.1, 0.15) is 19.8 Å². The van der Waals surface area contributed by atoms with Crippen LogP contribution in [0.25, 0.3) is 0 Å². The maximum Gasteiger partial charge on any atom is 0.306 e. The van der Waals surface area contributed by atoms with Crippen molar-refractivity contribution in [3.8, 4) is 0 Å². The minimum atomic E-state index is -4.65. The summed E-state index contributed by atoms with van der Waals surface area (Å²) < 4.78 is 34.3. The Morgan fingerprint density at radius 1 is 0.360 bits per heavy atom. The van der Waals surface area contributed by atoms with Gasteiger partial charge >= 0.3 is 11.9 Å². The zero-order valence-corrected chi connectivity index (χ0v) is 56.6. The number of carbonyl (C=O) groups excluding carboxylic acids is 2. The largest absolute Gasteiger partial charge is 0.756 e. The first-order chi connectivity index (χ1) is 42.0. The van der Waals surface area contributed by atoms with Crippen LogP contribution < -0.4 is 4.89 Å². The lowest BCUT2D eigenvalue weighted by atomic mass is 10.0. The van der Waals surface area contributed by atoms with Gasteiger partial charge in [-0.05, 0) is 116 Å². The second-order valence-corrected chi connectivity index (χ2v) is 25.2. The molecule has 0 aliphatic carbocycles. The van der Waals surface area contributed by atoms with E-state index < -0.39 is 26.5 Å². The van der Waals surface area contributed by atoms with Gasteiger partial charge in [-0.15, -0.1) is 0 Å². The van der Waals surface area contributed by atoms with Crippen molar-refractivity contribution in [2.45, 2.75) is 277 Å². The smallest absolute Gasteiger partial charge is 0.306 e. The molecule has 2 unspecified atom stereocenters. The Bertz CT molecular complexity index is 1960. The van der Waals surface area contributed by atoms with Crippen LogP contribution in [0.3, 0.4) is 0 Å². The van der Waals surface area contributed by atoms with E-state index in [4.69, 9.17) is 18.5 Å². The number of phosphoric ester groups is 1. The topological polar surface area (TPSA) is 111 Å². The van der Waals surface area contributed by atoms with Crippen LogP contribution >= 0.6 is 7.82 Å². The summed E-state index contributed by atoms with van der Waals surface area (Å²) in [4.78, 5) is 38.0. The Morgan fingerprint density at radius 2 is 0.628 bits per heavy atom. The van der Waals surface area contributed by atoms with E-state index in [1.807, 2.05) is 21.1 Å². The summed E-state index contributed by atoms with van der Waals surface area (Å²) in [7, 11) is 1.15. The van der Waals surface area contributed by atoms with Gasteiger partial charge in [0.25, 0.3) is 7.82 Å². The molecule has 0 fully saturated rings. The highest BCUT2D eigenvalue weighted by atomic mass is 31.2. The molecule has 0 saturated carbocycles. The van der Waals surface area contributed by atoms with Gasteiger partial charge < -0.3 is 27.9 Å². The number of allylic oxidation sites excluding steroid dienone is 24. The van der Waals surface area contributed by atoms with Gasteiger partial charge in [0, 0.05) is 12.8 Å². The van der Waals surface area contributed by atoms with Crippen LogP contribution in [-0.4, -0.2) is 70.0 Å². The summed E-state index contributed by atoms with van der Waals surface area (Å²) in [6.45, 7) is 4.01. The van der Waals surface area contributed by atoms with Gasteiger partial charge in [0.2, 0.25) is 0 Å². The van der Waals surface area contributed by atoms with E-state index in [0.29, 0.717) is 17.4 Å². The molecule has 86 heavy (non-hydrogen) atoms. The number of carbonyl (C=O) groups is 2. The van der Waals surface area contributed by atoms with Crippen LogP contribution in [0.1, 0.15) is 271 Å². The maximum absolute atomic E-state index is 12.9. The quantitative estimate of drug-likeness (QED) is 0.0195. The molecule has 0 spiro atoms. The molecule has 2 atom stereocenters. The zero-order valence-electron chi connectivity index (χ0n) is 55.7. The number of likely N-dealkylation sites (N-methyl/N-ethyl adjacent to an activating group) is 1. The van der Waals surface area contributed by atoms with Gasteiger partial charge in [-0.1, -0.05) is 288 Å². The molecule has 0 amide bonds. The van der Waals surface area contributed by atoms with Crippen molar-refractivity contribution in [1.29, 1.82) is 0 Å². The molecule has 9 nitrogen and oxygen atoms in total. The van der Waals surface area contributed by atoms with E-state index in [0.717, 1.165) is 128 Å². The van der Waals surface area contributed by atoms with Crippen molar-refractivity contribution in [2.75, 3.05) is 47.5 Å². The van der Waals surface area contributed by atoms with Crippen molar-refractivity contribution < 1.29 is 42.1 Å². The minimum Gasteiger partial charge on any atom is -0.756 e. The number of phosphoric acid groups is 1. The fraction of sp³-hybridized carbons (Fsp3) is 0.658. The summed E-state index contributed by atoms with van der Waals surface area (Å²) in [5, 5.41) is 0. The Balaban J connectivity index is 4.06. The third-order valence-corrected chi connectivity index (χ3v) is 15.3. The van der Waals surface area contributed by atoms with Crippen LogP contribution in [0.5, 0.6) is 0 Å². The highest BCUT2D eigenvalue weighted by Crippen LogP contribution is 2.38. The molecule has 0 bridgehead atoms. The fourth-order valence-electron chi connectivity index (χ4n) is 9.14. The summed E-state index contributed by atoms with van der Waals surface area (Å²) >= 11 is 0. The number of rotatable bonds is 62. The van der Waals surface area contributed by atoms with E-state index in [1.165, 1.54) is 109 Å². The number of esters is 2. The Hall–Kier alpha value is -4.11. The molecule has 0 radical (unpaired) electrons. The van der Waals surface area contributed by atoms with Gasteiger partial charge in [-0.2, -0.15) is 0 Å². The molecule has 490 valence electrons. The maximum atomic E-state index is 12.9. The molecule has 0 N–H and O–H groups in total. The molecule has 10 heteroatoms.